The summed E-state index contributed by atoms with van der Waals surface area (Å²) in [5, 5.41) is 0. The molecule has 0 unspecified atom stereocenters. The third kappa shape index (κ3) is 1.69. The van der Waals surface area contributed by atoms with Crippen molar-refractivity contribution >= 4 is 0 Å². The third-order valence-electron chi connectivity index (χ3n) is 1.70. The number of rotatable bonds is 1. The van der Waals surface area contributed by atoms with Crippen LogP contribution in [-0.4, -0.2) is 9.97 Å². The van der Waals surface area contributed by atoms with Gasteiger partial charge in [-0.1, -0.05) is 30.3 Å². The molecular weight excluding hydrogens is 167 g/mol. The Kier molecular flexibility index (Phi) is 2.00. The molecule has 0 fully saturated rings. The zero-order valence-electron chi connectivity index (χ0n) is 6.81. The first kappa shape index (κ1) is 7.86. The fourth-order valence-electron chi connectivity index (χ4n) is 1.10. The highest BCUT2D eigenvalue weighted by molar-refractivity contribution is 5.57. The Bertz CT molecular complexity index is 401. The van der Waals surface area contributed by atoms with Crippen LogP contribution in [0.1, 0.15) is 0 Å². The zero-order valence-corrected chi connectivity index (χ0v) is 6.81. The van der Waals surface area contributed by atoms with Gasteiger partial charge in [0.1, 0.15) is 0 Å². The highest BCUT2D eigenvalue weighted by Gasteiger charge is 1.99. The van der Waals surface area contributed by atoms with Gasteiger partial charge >= 0.3 is 6.08 Å². The minimum absolute atomic E-state index is 0.605. The summed E-state index contributed by atoms with van der Waals surface area (Å²) in [5.74, 6) is 0. The van der Waals surface area contributed by atoms with Crippen LogP contribution in [0.2, 0.25) is 0 Å². The van der Waals surface area contributed by atoms with Crippen molar-refractivity contribution in [3.05, 3.63) is 48.7 Å². The monoisotopic (exact) mass is 174 g/mol. The zero-order chi connectivity index (χ0) is 9.10. The van der Waals surface area contributed by atoms with Crippen molar-refractivity contribution in [2.24, 2.45) is 0 Å². The van der Waals surface area contributed by atoms with Crippen molar-refractivity contribution in [3.8, 4) is 11.3 Å². The van der Waals surface area contributed by atoms with Crippen LogP contribution in [0.3, 0.4) is 0 Å². The summed E-state index contributed by atoms with van der Waals surface area (Å²) in [6.07, 6.45) is 0.714. The van der Waals surface area contributed by atoms with Gasteiger partial charge in [-0.2, -0.15) is 4.39 Å². The van der Waals surface area contributed by atoms with E-state index >= 15 is 0 Å². The first-order valence-corrected chi connectivity index (χ1v) is 3.90. The van der Waals surface area contributed by atoms with Gasteiger partial charge in [-0.25, -0.2) is 9.97 Å². The maximum absolute atomic E-state index is 12.6. The Hall–Kier alpha value is -1.77. The van der Waals surface area contributed by atoms with Gasteiger partial charge in [-0.3, -0.25) is 0 Å². The van der Waals surface area contributed by atoms with Gasteiger partial charge in [0.25, 0.3) is 0 Å². The molecule has 0 aliphatic heterocycles. The molecule has 0 N–H and O–H groups in total. The minimum Gasteiger partial charge on any atom is -0.211 e. The van der Waals surface area contributed by atoms with Gasteiger partial charge < -0.3 is 0 Å². The summed E-state index contributed by atoms with van der Waals surface area (Å²) in [4.78, 5) is 7.05. The second kappa shape index (κ2) is 3.31. The van der Waals surface area contributed by atoms with Crippen LogP contribution >= 0.6 is 0 Å². The highest BCUT2D eigenvalue weighted by atomic mass is 19.1. The molecule has 2 nitrogen and oxygen atoms in total. The Balaban J connectivity index is 2.48. The van der Waals surface area contributed by atoms with E-state index in [-0.39, 0.29) is 0 Å². The SMILES string of the molecule is Fc1nccc(-c2ccccc2)n1. The quantitative estimate of drug-likeness (QED) is 0.620. The van der Waals surface area contributed by atoms with Gasteiger partial charge in [0.2, 0.25) is 0 Å². The van der Waals surface area contributed by atoms with Gasteiger partial charge in [0, 0.05) is 11.8 Å². The molecule has 64 valence electrons. The van der Waals surface area contributed by atoms with Crippen LogP contribution in [0, 0.1) is 6.08 Å². The van der Waals surface area contributed by atoms with Crippen LogP contribution in [0.5, 0.6) is 0 Å². The number of halogens is 1. The molecule has 1 aromatic carbocycles. The molecule has 0 aliphatic rings. The largest absolute Gasteiger partial charge is 0.309 e. The van der Waals surface area contributed by atoms with Crippen LogP contribution in [0.25, 0.3) is 11.3 Å². The van der Waals surface area contributed by atoms with Crippen molar-refractivity contribution in [2.45, 2.75) is 0 Å². The fourth-order valence-corrected chi connectivity index (χ4v) is 1.10. The summed E-state index contributed by atoms with van der Waals surface area (Å²) in [7, 11) is 0. The predicted molar refractivity (Wildman–Crippen MR) is 47.4 cm³/mol. The summed E-state index contributed by atoms with van der Waals surface area (Å²) in [6.45, 7) is 0. The van der Waals surface area contributed by atoms with Crippen LogP contribution in [-0.2, 0) is 0 Å². The van der Waals surface area contributed by atoms with E-state index in [1.54, 1.807) is 6.07 Å². The molecule has 0 spiro atoms. The Labute approximate surface area is 75.1 Å². The molecule has 2 rings (SSSR count). The normalized spacial score (nSPS) is 9.92. The Morgan fingerprint density at radius 3 is 2.46 bits per heavy atom. The second-order valence-corrected chi connectivity index (χ2v) is 2.58. The van der Waals surface area contributed by atoms with Crippen molar-refractivity contribution in [3.63, 3.8) is 0 Å². The van der Waals surface area contributed by atoms with E-state index in [2.05, 4.69) is 9.97 Å². The lowest BCUT2D eigenvalue weighted by Crippen LogP contribution is -1.90. The van der Waals surface area contributed by atoms with E-state index in [4.69, 9.17) is 0 Å². The molecule has 0 atom stereocenters. The summed E-state index contributed by atoms with van der Waals surface area (Å²) in [6, 6.07) is 11.1. The topological polar surface area (TPSA) is 25.8 Å². The molecular formula is C10H7FN2. The molecule has 0 aliphatic carbocycles. The molecule has 13 heavy (non-hydrogen) atoms. The van der Waals surface area contributed by atoms with Crippen molar-refractivity contribution < 1.29 is 4.39 Å². The summed E-state index contributed by atoms with van der Waals surface area (Å²) < 4.78 is 12.6. The van der Waals surface area contributed by atoms with E-state index in [0.717, 1.165) is 5.56 Å². The van der Waals surface area contributed by atoms with Gasteiger partial charge in [-0.05, 0) is 6.07 Å². The van der Waals surface area contributed by atoms with Crippen LogP contribution in [0.15, 0.2) is 42.6 Å². The summed E-state index contributed by atoms with van der Waals surface area (Å²) >= 11 is 0. The van der Waals surface area contributed by atoms with Crippen LogP contribution in [0.4, 0.5) is 4.39 Å². The van der Waals surface area contributed by atoms with E-state index in [1.165, 1.54) is 6.20 Å². The molecule has 0 radical (unpaired) electrons. The van der Waals surface area contributed by atoms with Crippen molar-refractivity contribution in [1.82, 2.24) is 9.97 Å². The van der Waals surface area contributed by atoms with E-state index in [0.29, 0.717) is 5.69 Å². The van der Waals surface area contributed by atoms with E-state index < -0.39 is 6.08 Å². The number of benzene rings is 1. The average Bonchev–Trinajstić information content (AvgIpc) is 2.19. The van der Waals surface area contributed by atoms with E-state index in [1.807, 2.05) is 30.3 Å². The lowest BCUT2D eigenvalue weighted by Gasteiger charge is -1.98. The first-order valence-electron chi connectivity index (χ1n) is 3.90. The number of aromatic nitrogens is 2. The molecule has 3 heteroatoms. The maximum atomic E-state index is 12.6. The predicted octanol–water partition coefficient (Wildman–Crippen LogP) is 2.28. The molecule has 2 aromatic rings. The standard InChI is InChI=1S/C10H7FN2/c11-10-12-7-6-9(13-10)8-4-2-1-3-5-8/h1-7H. The highest BCUT2D eigenvalue weighted by Crippen LogP contribution is 2.14. The minimum atomic E-state index is -0.693. The van der Waals surface area contributed by atoms with Gasteiger partial charge in [0.05, 0.1) is 5.69 Å². The number of nitrogens with zero attached hydrogens (tertiary/aromatic N) is 2. The van der Waals surface area contributed by atoms with Gasteiger partial charge in [-0.15, -0.1) is 0 Å². The molecule has 1 aromatic heterocycles. The molecule has 1 heterocycles. The smallest absolute Gasteiger partial charge is 0.211 e. The second-order valence-electron chi connectivity index (χ2n) is 2.58. The van der Waals surface area contributed by atoms with E-state index in [9.17, 15) is 4.39 Å². The number of hydrogen-bond acceptors (Lipinski definition) is 2. The van der Waals surface area contributed by atoms with Crippen LogP contribution < -0.4 is 0 Å². The number of hydrogen-bond donors (Lipinski definition) is 0. The van der Waals surface area contributed by atoms with Crippen molar-refractivity contribution in [1.29, 1.82) is 0 Å². The average molecular weight is 174 g/mol. The molecule has 0 amide bonds. The van der Waals surface area contributed by atoms with Gasteiger partial charge in [0.15, 0.2) is 0 Å². The molecule has 0 saturated carbocycles. The first-order chi connectivity index (χ1) is 6.36. The fraction of sp³-hybridized carbons (Fsp3) is 0. The maximum Gasteiger partial charge on any atom is 0.309 e. The lowest BCUT2D eigenvalue weighted by atomic mass is 10.1. The summed E-state index contributed by atoms with van der Waals surface area (Å²) in [5.41, 5.74) is 1.50. The van der Waals surface area contributed by atoms with Crippen molar-refractivity contribution in [2.75, 3.05) is 0 Å². The Morgan fingerprint density at radius 1 is 1.00 bits per heavy atom. The lowest BCUT2D eigenvalue weighted by molar-refractivity contribution is 0.540. The third-order valence-corrected chi connectivity index (χ3v) is 1.70. The molecule has 0 bridgehead atoms. The molecule has 0 saturated heterocycles. The Morgan fingerprint density at radius 2 is 1.77 bits per heavy atom.